The Hall–Kier alpha value is -0.480. The summed E-state index contributed by atoms with van der Waals surface area (Å²) in [5.74, 6) is 0. The summed E-state index contributed by atoms with van der Waals surface area (Å²) in [7, 11) is 0. The molecular weight excluding hydrogens is 230 g/mol. The van der Waals surface area contributed by atoms with E-state index < -0.39 is 0 Å². The lowest BCUT2D eigenvalue weighted by Gasteiger charge is -2.40. The minimum atomic E-state index is 0.490. The summed E-state index contributed by atoms with van der Waals surface area (Å²) >= 11 is 2.02. The lowest BCUT2D eigenvalue weighted by Crippen LogP contribution is -2.37. The Kier molecular flexibility index (Phi) is 4.15. The van der Waals surface area contributed by atoms with Crippen LogP contribution in [0, 0.1) is 0 Å². The topological polar surface area (TPSA) is 29.9 Å². The zero-order valence-electron chi connectivity index (χ0n) is 11.1. The molecule has 0 saturated heterocycles. The number of rotatable bonds is 6. The molecule has 1 aliphatic rings. The number of hydrogen-bond acceptors (Lipinski definition) is 3. The van der Waals surface area contributed by atoms with E-state index in [0.717, 1.165) is 18.8 Å². The van der Waals surface area contributed by atoms with Gasteiger partial charge in [0.25, 0.3) is 0 Å². The van der Waals surface area contributed by atoms with Crippen molar-refractivity contribution < 1.29 is 0 Å². The highest BCUT2D eigenvalue weighted by atomic mass is 32.2. The molecule has 0 spiro atoms. The van der Waals surface area contributed by atoms with Crippen molar-refractivity contribution in [3.05, 3.63) is 18.2 Å². The third-order valence-electron chi connectivity index (χ3n) is 3.55. The molecule has 1 aliphatic carbocycles. The highest BCUT2D eigenvalue weighted by molar-refractivity contribution is 8.00. The molecular formula is C13H23N3S. The van der Waals surface area contributed by atoms with Crippen molar-refractivity contribution in [2.45, 2.75) is 57.0 Å². The van der Waals surface area contributed by atoms with E-state index in [1.54, 1.807) is 0 Å². The van der Waals surface area contributed by atoms with Gasteiger partial charge in [0.1, 0.15) is 0 Å². The largest absolute Gasteiger partial charge is 0.336 e. The molecule has 4 heteroatoms. The van der Waals surface area contributed by atoms with E-state index in [0.29, 0.717) is 10.8 Å². The monoisotopic (exact) mass is 253 g/mol. The van der Waals surface area contributed by atoms with E-state index in [4.69, 9.17) is 0 Å². The van der Waals surface area contributed by atoms with Gasteiger partial charge in [-0.1, -0.05) is 20.3 Å². The van der Waals surface area contributed by atoms with Crippen molar-refractivity contribution >= 4 is 11.8 Å². The van der Waals surface area contributed by atoms with Crippen LogP contribution in [-0.2, 0) is 13.1 Å². The zero-order chi connectivity index (χ0) is 12.3. The van der Waals surface area contributed by atoms with Gasteiger partial charge in [-0.15, -0.1) is 0 Å². The lowest BCUT2D eigenvalue weighted by atomic mass is 9.84. The Morgan fingerprint density at radius 1 is 1.53 bits per heavy atom. The third-order valence-corrected chi connectivity index (χ3v) is 4.95. The van der Waals surface area contributed by atoms with Crippen molar-refractivity contribution in [3.8, 4) is 0 Å². The van der Waals surface area contributed by atoms with Gasteiger partial charge in [0.15, 0.2) is 0 Å². The van der Waals surface area contributed by atoms with E-state index >= 15 is 0 Å². The summed E-state index contributed by atoms with van der Waals surface area (Å²) in [4.78, 5) is 4.46. The number of imidazole rings is 1. The second-order valence-corrected chi connectivity index (χ2v) is 6.59. The Balaban J connectivity index is 1.89. The fourth-order valence-corrected chi connectivity index (χ4v) is 3.20. The first kappa shape index (κ1) is 13.0. The molecule has 0 atom stereocenters. The number of nitrogens with one attached hydrogen (secondary N) is 1. The average Bonchev–Trinajstić information content (AvgIpc) is 2.68. The molecule has 0 aromatic carbocycles. The SMILES string of the molecule is CSC1(Cn2cnc(CNC(C)C)c2)CCC1. The molecule has 17 heavy (non-hydrogen) atoms. The molecule has 0 bridgehead atoms. The molecule has 0 radical (unpaired) electrons. The van der Waals surface area contributed by atoms with Gasteiger partial charge < -0.3 is 9.88 Å². The van der Waals surface area contributed by atoms with E-state index in [-0.39, 0.29) is 0 Å². The summed E-state index contributed by atoms with van der Waals surface area (Å²) in [5.41, 5.74) is 1.15. The minimum absolute atomic E-state index is 0.490. The molecule has 0 unspecified atom stereocenters. The molecule has 1 heterocycles. The molecule has 96 valence electrons. The molecule has 1 N–H and O–H groups in total. The smallest absolute Gasteiger partial charge is 0.0950 e. The number of aromatic nitrogens is 2. The zero-order valence-corrected chi connectivity index (χ0v) is 11.9. The predicted octanol–water partition coefficient (Wildman–Crippen LogP) is 2.67. The van der Waals surface area contributed by atoms with Crippen LogP contribution < -0.4 is 5.32 Å². The number of hydrogen-bond donors (Lipinski definition) is 1. The molecule has 0 aliphatic heterocycles. The first-order valence-electron chi connectivity index (χ1n) is 6.43. The second kappa shape index (κ2) is 5.44. The van der Waals surface area contributed by atoms with Crippen LogP contribution in [0.15, 0.2) is 12.5 Å². The summed E-state index contributed by atoms with van der Waals surface area (Å²) < 4.78 is 2.75. The average molecular weight is 253 g/mol. The maximum Gasteiger partial charge on any atom is 0.0950 e. The van der Waals surface area contributed by atoms with Gasteiger partial charge in [-0.25, -0.2) is 4.98 Å². The van der Waals surface area contributed by atoms with Crippen LogP contribution in [0.1, 0.15) is 38.8 Å². The Bertz CT molecular complexity index is 350. The Morgan fingerprint density at radius 2 is 2.29 bits per heavy atom. The van der Waals surface area contributed by atoms with Crippen LogP contribution >= 0.6 is 11.8 Å². The van der Waals surface area contributed by atoms with Crippen molar-refractivity contribution in [1.82, 2.24) is 14.9 Å². The summed E-state index contributed by atoms with van der Waals surface area (Å²) in [6, 6.07) is 0.518. The van der Waals surface area contributed by atoms with E-state index in [9.17, 15) is 0 Å². The Labute approximate surface area is 108 Å². The highest BCUT2D eigenvalue weighted by Crippen LogP contribution is 2.43. The van der Waals surface area contributed by atoms with Crippen LogP contribution in [0.2, 0.25) is 0 Å². The molecule has 0 amide bonds. The third kappa shape index (κ3) is 3.26. The van der Waals surface area contributed by atoms with Crippen molar-refractivity contribution in [2.75, 3.05) is 6.26 Å². The second-order valence-electron chi connectivity index (χ2n) is 5.31. The fraction of sp³-hybridized carbons (Fsp3) is 0.769. The van der Waals surface area contributed by atoms with Crippen LogP contribution in [0.3, 0.4) is 0 Å². The predicted molar refractivity (Wildman–Crippen MR) is 74.3 cm³/mol. The van der Waals surface area contributed by atoms with Gasteiger partial charge >= 0.3 is 0 Å². The molecule has 1 aromatic heterocycles. The van der Waals surface area contributed by atoms with Gasteiger partial charge in [0.2, 0.25) is 0 Å². The van der Waals surface area contributed by atoms with Gasteiger partial charge in [0, 0.05) is 30.1 Å². The minimum Gasteiger partial charge on any atom is -0.336 e. The molecule has 1 aromatic rings. The number of nitrogens with zero attached hydrogens (tertiary/aromatic N) is 2. The van der Waals surface area contributed by atoms with Crippen molar-refractivity contribution in [1.29, 1.82) is 0 Å². The lowest BCUT2D eigenvalue weighted by molar-refractivity contribution is 0.321. The fourth-order valence-electron chi connectivity index (χ4n) is 2.22. The van der Waals surface area contributed by atoms with Gasteiger partial charge in [-0.3, -0.25) is 0 Å². The normalized spacial score (nSPS) is 18.4. The van der Waals surface area contributed by atoms with Crippen LogP contribution in [0.4, 0.5) is 0 Å². The van der Waals surface area contributed by atoms with E-state index in [1.165, 1.54) is 19.3 Å². The van der Waals surface area contributed by atoms with Gasteiger partial charge in [0.05, 0.1) is 12.0 Å². The molecule has 2 rings (SSSR count). The van der Waals surface area contributed by atoms with Crippen molar-refractivity contribution in [2.24, 2.45) is 0 Å². The summed E-state index contributed by atoms with van der Waals surface area (Å²) in [5, 5.41) is 3.40. The van der Waals surface area contributed by atoms with Crippen LogP contribution in [0.25, 0.3) is 0 Å². The van der Waals surface area contributed by atoms with Crippen LogP contribution in [-0.4, -0.2) is 26.6 Å². The molecule has 3 nitrogen and oxygen atoms in total. The van der Waals surface area contributed by atoms with Gasteiger partial charge in [-0.2, -0.15) is 11.8 Å². The van der Waals surface area contributed by atoms with E-state index in [2.05, 4.69) is 41.2 Å². The molecule has 1 saturated carbocycles. The maximum atomic E-state index is 4.46. The highest BCUT2D eigenvalue weighted by Gasteiger charge is 2.36. The number of thioether (sulfide) groups is 1. The van der Waals surface area contributed by atoms with Crippen LogP contribution in [0.5, 0.6) is 0 Å². The molecule has 1 fully saturated rings. The maximum absolute atomic E-state index is 4.46. The first-order valence-corrected chi connectivity index (χ1v) is 7.65. The quantitative estimate of drug-likeness (QED) is 0.845. The Morgan fingerprint density at radius 3 is 2.82 bits per heavy atom. The summed E-state index contributed by atoms with van der Waals surface area (Å²) in [6.45, 7) is 6.31. The first-order chi connectivity index (χ1) is 8.13. The summed E-state index contributed by atoms with van der Waals surface area (Å²) in [6.07, 6.45) is 10.5. The van der Waals surface area contributed by atoms with E-state index in [1.807, 2.05) is 18.1 Å². The van der Waals surface area contributed by atoms with Gasteiger partial charge in [-0.05, 0) is 19.1 Å². The standard InChI is InChI=1S/C13H23N3S/c1-11(2)14-7-12-8-16(10-15-12)9-13(17-3)5-4-6-13/h8,10-11,14H,4-7,9H2,1-3H3. The van der Waals surface area contributed by atoms with Crippen molar-refractivity contribution in [3.63, 3.8) is 0 Å².